The van der Waals surface area contributed by atoms with Crippen LogP contribution in [-0.2, 0) is 0 Å². The van der Waals surface area contributed by atoms with E-state index in [2.05, 4.69) is 28.0 Å². The van der Waals surface area contributed by atoms with Gasteiger partial charge < -0.3 is 5.32 Å². The fourth-order valence-electron chi connectivity index (χ4n) is 2.99. The molecular weight excluding hydrogens is 300 g/mol. The van der Waals surface area contributed by atoms with Crippen molar-refractivity contribution in [3.05, 3.63) is 52.1 Å². The summed E-state index contributed by atoms with van der Waals surface area (Å²) in [6.07, 6.45) is 8.46. The van der Waals surface area contributed by atoms with Crippen LogP contribution in [-0.4, -0.2) is 22.3 Å². The number of hydrazone groups is 1. The zero-order valence-corrected chi connectivity index (χ0v) is 12.6. The first-order valence-corrected chi connectivity index (χ1v) is 7.55. The molecule has 0 aliphatic heterocycles. The number of rotatable bonds is 4. The molecule has 114 valence electrons. The number of allylic oxidation sites excluding steroid dienone is 1. The van der Waals surface area contributed by atoms with Gasteiger partial charge >= 0.3 is 0 Å². The fraction of sp³-hybridized carbons (Fsp3) is 0.333. The smallest absolute Gasteiger partial charge is 0.269 e. The maximum atomic E-state index is 10.6. The molecule has 2 aliphatic carbocycles. The Balaban J connectivity index is 1.48. The van der Waals surface area contributed by atoms with Crippen LogP contribution >= 0.6 is 12.2 Å². The van der Waals surface area contributed by atoms with E-state index < -0.39 is 4.92 Å². The van der Waals surface area contributed by atoms with E-state index >= 15 is 0 Å². The Morgan fingerprint density at radius 3 is 2.68 bits per heavy atom. The molecule has 3 rings (SSSR count). The van der Waals surface area contributed by atoms with E-state index in [1.807, 2.05) is 0 Å². The van der Waals surface area contributed by atoms with Crippen LogP contribution in [0, 0.1) is 22.0 Å². The second kappa shape index (κ2) is 6.23. The number of nitrogens with zero attached hydrogens (tertiary/aromatic N) is 2. The van der Waals surface area contributed by atoms with Crippen LogP contribution in [0.2, 0.25) is 0 Å². The standard InChI is InChI=1S/C15H16N4O2S/c20-19(21)13-5-2-10(3-6-13)9-16-18-15(22)17-14-8-11-1-4-12(14)7-11/h1-6,9,11-12,14H,7-8H2,(H2,17,18,22)/b16-9-/t11-,12-,14-/m0/s1. The lowest BCUT2D eigenvalue weighted by molar-refractivity contribution is -0.384. The highest BCUT2D eigenvalue weighted by Crippen LogP contribution is 2.38. The van der Waals surface area contributed by atoms with Crippen molar-refractivity contribution >= 4 is 29.2 Å². The topological polar surface area (TPSA) is 79.6 Å². The molecule has 22 heavy (non-hydrogen) atoms. The number of nitrogens with one attached hydrogen (secondary N) is 2. The monoisotopic (exact) mass is 316 g/mol. The van der Waals surface area contributed by atoms with E-state index in [1.54, 1.807) is 18.3 Å². The zero-order chi connectivity index (χ0) is 15.5. The lowest BCUT2D eigenvalue weighted by atomic mass is 10.0. The molecule has 1 aromatic rings. The predicted molar refractivity (Wildman–Crippen MR) is 88.7 cm³/mol. The maximum absolute atomic E-state index is 10.6. The van der Waals surface area contributed by atoms with Crippen LogP contribution in [0.25, 0.3) is 0 Å². The highest BCUT2D eigenvalue weighted by Gasteiger charge is 2.35. The quantitative estimate of drug-likeness (QED) is 0.293. The zero-order valence-electron chi connectivity index (χ0n) is 11.8. The summed E-state index contributed by atoms with van der Waals surface area (Å²) in [5.41, 5.74) is 3.62. The largest absolute Gasteiger partial charge is 0.358 e. The van der Waals surface area contributed by atoms with E-state index in [0.29, 0.717) is 23.0 Å². The predicted octanol–water partition coefficient (Wildman–Crippen LogP) is 2.36. The third-order valence-corrected chi connectivity index (χ3v) is 4.29. The Morgan fingerprint density at radius 2 is 2.09 bits per heavy atom. The number of benzene rings is 1. The molecule has 7 heteroatoms. The molecule has 2 N–H and O–H groups in total. The van der Waals surface area contributed by atoms with E-state index in [4.69, 9.17) is 12.2 Å². The molecule has 0 spiro atoms. The SMILES string of the molecule is O=[N+]([O-])c1ccc(/C=N\NC(=S)N[C@H]2C[C@H]3C=C[C@H]2C3)cc1. The van der Waals surface area contributed by atoms with Gasteiger partial charge in [-0.3, -0.25) is 15.5 Å². The summed E-state index contributed by atoms with van der Waals surface area (Å²) in [5, 5.41) is 18.4. The molecule has 1 fully saturated rings. The average Bonchev–Trinajstić information content (AvgIpc) is 3.10. The van der Waals surface area contributed by atoms with Gasteiger partial charge in [0.15, 0.2) is 5.11 Å². The van der Waals surface area contributed by atoms with Crippen molar-refractivity contribution in [3.63, 3.8) is 0 Å². The van der Waals surface area contributed by atoms with Crippen LogP contribution in [0.1, 0.15) is 18.4 Å². The first-order valence-electron chi connectivity index (χ1n) is 7.14. The molecule has 6 nitrogen and oxygen atoms in total. The second-order valence-corrected chi connectivity index (χ2v) is 5.99. The third-order valence-electron chi connectivity index (χ3n) is 4.08. The third kappa shape index (κ3) is 3.30. The van der Waals surface area contributed by atoms with Gasteiger partial charge in [-0.15, -0.1) is 0 Å². The summed E-state index contributed by atoms with van der Waals surface area (Å²) in [6.45, 7) is 0. The molecule has 1 saturated carbocycles. The summed E-state index contributed by atoms with van der Waals surface area (Å²) in [7, 11) is 0. The molecule has 0 radical (unpaired) electrons. The normalized spacial score (nSPS) is 25.5. The van der Waals surface area contributed by atoms with Gasteiger partial charge in [-0.2, -0.15) is 5.10 Å². The van der Waals surface area contributed by atoms with Gasteiger partial charge in [-0.05, 0) is 54.6 Å². The van der Waals surface area contributed by atoms with Crippen LogP contribution < -0.4 is 10.7 Å². The summed E-state index contributed by atoms with van der Waals surface area (Å²) < 4.78 is 0. The summed E-state index contributed by atoms with van der Waals surface area (Å²) in [4.78, 5) is 10.1. The van der Waals surface area contributed by atoms with Crippen molar-refractivity contribution < 1.29 is 4.92 Å². The number of nitro groups is 1. The van der Waals surface area contributed by atoms with E-state index in [-0.39, 0.29) is 5.69 Å². The molecule has 3 atom stereocenters. The van der Waals surface area contributed by atoms with Gasteiger partial charge in [-0.25, -0.2) is 0 Å². The molecule has 2 bridgehead atoms. The number of nitro benzene ring substituents is 1. The van der Waals surface area contributed by atoms with Crippen molar-refractivity contribution in [2.75, 3.05) is 0 Å². The molecule has 0 amide bonds. The highest BCUT2D eigenvalue weighted by molar-refractivity contribution is 7.80. The summed E-state index contributed by atoms with van der Waals surface area (Å²) in [5.74, 6) is 1.26. The van der Waals surface area contributed by atoms with Crippen LogP contribution in [0.4, 0.5) is 5.69 Å². The molecule has 0 aromatic heterocycles. The first-order chi connectivity index (χ1) is 10.6. The lowest BCUT2D eigenvalue weighted by Gasteiger charge is -2.20. The first kappa shape index (κ1) is 14.6. The maximum Gasteiger partial charge on any atom is 0.269 e. The van der Waals surface area contributed by atoms with E-state index in [1.165, 1.54) is 18.6 Å². The van der Waals surface area contributed by atoms with Gasteiger partial charge in [0.2, 0.25) is 0 Å². The average molecular weight is 316 g/mol. The van der Waals surface area contributed by atoms with Crippen molar-refractivity contribution in [2.24, 2.45) is 16.9 Å². The number of thiocarbonyl (C=S) groups is 1. The van der Waals surface area contributed by atoms with Gasteiger partial charge in [0.1, 0.15) is 0 Å². The molecule has 0 unspecified atom stereocenters. The minimum atomic E-state index is -0.429. The van der Waals surface area contributed by atoms with Crippen LogP contribution in [0.15, 0.2) is 41.5 Å². The minimum absolute atomic E-state index is 0.0617. The van der Waals surface area contributed by atoms with Crippen LogP contribution in [0.3, 0.4) is 0 Å². The lowest BCUT2D eigenvalue weighted by Crippen LogP contribution is -2.42. The Labute approximate surface area is 133 Å². The van der Waals surface area contributed by atoms with Gasteiger partial charge in [0, 0.05) is 18.2 Å². The fourth-order valence-corrected chi connectivity index (χ4v) is 3.20. The van der Waals surface area contributed by atoms with Crippen molar-refractivity contribution in [2.45, 2.75) is 18.9 Å². The molecule has 2 aliphatic rings. The highest BCUT2D eigenvalue weighted by atomic mass is 32.1. The van der Waals surface area contributed by atoms with Gasteiger partial charge in [0.25, 0.3) is 5.69 Å². The summed E-state index contributed by atoms with van der Waals surface area (Å²) in [6, 6.07) is 6.56. The molecular formula is C15H16N4O2S. The Kier molecular flexibility index (Phi) is 4.15. The van der Waals surface area contributed by atoms with Crippen molar-refractivity contribution in [3.8, 4) is 0 Å². The summed E-state index contributed by atoms with van der Waals surface area (Å²) >= 11 is 5.23. The Morgan fingerprint density at radius 1 is 1.32 bits per heavy atom. The molecule has 0 heterocycles. The Bertz CT molecular complexity index is 641. The van der Waals surface area contributed by atoms with Gasteiger partial charge in [0.05, 0.1) is 11.1 Å². The van der Waals surface area contributed by atoms with Crippen molar-refractivity contribution in [1.82, 2.24) is 10.7 Å². The Hall–Kier alpha value is -2.28. The van der Waals surface area contributed by atoms with Crippen LogP contribution in [0.5, 0.6) is 0 Å². The second-order valence-electron chi connectivity index (χ2n) is 5.58. The number of hydrogen-bond acceptors (Lipinski definition) is 4. The van der Waals surface area contributed by atoms with Crippen molar-refractivity contribution in [1.29, 1.82) is 0 Å². The number of hydrogen-bond donors (Lipinski definition) is 2. The molecule has 0 saturated heterocycles. The number of fused-ring (bicyclic) bond motifs is 2. The van der Waals surface area contributed by atoms with E-state index in [0.717, 1.165) is 12.0 Å². The van der Waals surface area contributed by atoms with Gasteiger partial charge in [-0.1, -0.05) is 12.2 Å². The molecule has 1 aromatic carbocycles. The number of non-ortho nitro benzene ring substituents is 1. The van der Waals surface area contributed by atoms with E-state index in [9.17, 15) is 10.1 Å². The minimum Gasteiger partial charge on any atom is -0.358 e.